The summed E-state index contributed by atoms with van der Waals surface area (Å²) >= 11 is 1.03. The fraction of sp³-hybridized carbons (Fsp3) is 0. The number of rotatable bonds is 3. The summed E-state index contributed by atoms with van der Waals surface area (Å²) in [5, 5.41) is 19.6. The Morgan fingerprint density at radius 2 is 1.90 bits per heavy atom. The van der Waals surface area contributed by atoms with Crippen LogP contribution >= 0.6 is 11.8 Å². The van der Waals surface area contributed by atoms with Gasteiger partial charge < -0.3 is 0 Å². The molecule has 0 fully saturated rings. The van der Waals surface area contributed by atoms with Crippen LogP contribution in [-0.2, 0) is 0 Å². The summed E-state index contributed by atoms with van der Waals surface area (Å²) in [5.41, 5.74) is -0.0925. The summed E-state index contributed by atoms with van der Waals surface area (Å²) in [5.74, 6) is -1.95. The molecular formula is C13H6F2N2O2S. The third kappa shape index (κ3) is 2.92. The fourth-order valence-electron chi connectivity index (χ4n) is 1.48. The summed E-state index contributed by atoms with van der Waals surface area (Å²) in [6.45, 7) is 0. The Morgan fingerprint density at radius 1 is 1.15 bits per heavy atom. The monoisotopic (exact) mass is 292 g/mol. The summed E-state index contributed by atoms with van der Waals surface area (Å²) in [4.78, 5) is 10.8. The highest BCUT2D eigenvalue weighted by molar-refractivity contribution is 7.99. The molecule has 4 nitrogen and oxygen atoms in total. The highest BCUT2D eigenvalue weighted by Gasteiger charge is 2.12. The van der Waals surface area contributed by atoms with Gasteiger partial charge in [-0.05, 0) is 24.3 Å². The lowest BCUT2D eigenvalue weighted by atomic mass is 10.2. The highest BCUT2D eigenvalue weighted by Crippen LogP contribution is 2.32. The summed E-state index contributed by atoms with van der Waals surface area (Å²) < 4.78 is 25.9. The van der Waals surface area contributed by atoms with E-state index in [4.69, 9.17) is 5.26 Å². The molecule has 0 saturated carbocycles. The van der Waals surface area contributed by atoms with Gasteiger partial charge in [-0.25, -0.2) is 8.78 Å². The Balaban J connectivity index is 2.36. The van der Waals surface area contributed by atoms with Crippen molar-refractivity contribution >= 4 is 17.4 Å². The van der Waals surface area contributed by atoms with Crippen LogP contribution in [0.5, 0.6) is 0 Å². The van der Waals surface area contributed by atoms with Crippen LogP contribution in [0.4, 0.5) is 14.5 Å². The van der Waals surface area contributed by atoms with E-state index in [1.807, 2.05) is 6.07 Å². The number of non-ortho nitro benzene ring substituents is 1. The van der Waals surface area contributed by atoms with Crippen molar-refractivity contribution in [1.82, 2.24) is 0 Å². The molecule has 20 heavy (non-hydrogen) atoms. The molecule has 100 valence electrons. The number of hydrogen-bond acceptors (Lipinski definition) is 4. The van der Waals surface area contributed by atoms with E-state index in [2.05, 4.69) is 0 Å². The molecule has 0 saturated heterocycles. The standard InChI is InChI=1S/C13H6F2N2O2S/c14-11-3-2-10(6-12(11)15)20-13-4-1-9(17(18)19)5-8(13)7-16/h1-6H. The zero-order valence-corrected chi connectivity index (χ0v) is 10.7. The Bertz CT molecular complexity index is 729. The fourth-order valence-corrected chi connectivity index (χ4v) is 2.38. The van der Waals surface area contributed by atoms with Crippen molar-refractivity contribution in [3.05, 3.63) is 63.7 Å². The second-order valence-corrected chi connectivity index (χ2v) is 4.84. The molecule has 0 heterocycles. The van der Waals surface area contributed by atoms with Crippen LogP contribution in [0.15, 0.2) is 46.2 Å². The molecule has 0 aliphatic heterocycles. The van der Waals surface area contributed by atoms with E-state index in [1.165, 1.54) is 18.2 Å². The van der Waals surface area contributed by atoms with Gasteiger partial charge in [-0.1, -0.05) is 11.8 Å². The van der Waals surface area contributed by atoms with Gasteiger partial charge in [0.15, 0.2) is 11.6 Å². The van der Waals surface area contributed by atoms with Gasteiger partial charge in [0.25, 0.3) is 5.69 Å². The largest absolute Gasteiger partial charge is 0.270 e. The van der Waals surface area contributed by atoms with E-state index in [0.29, 0.717) is 9.79 Å². The van der Waals surface area contributed by atoms with Gasteiger partial charge in [0, 0.05) is 21.9 Å². The molecule has 7 heteroatoms. The Morgan fingerprint density at radius 3 is 2.50 bits per heavy atom. The lowest BCUT2D eigenvalue weighted by Gasteiger charge is -2.04. The maximum atomic E-state index is 13.1. The van der Waals surface area contributed by atoms with Crippen LogP contribution in [0, 0.1) is 33.1 Å². The summed E-state index contributed by atoms with van der Waals surface area (Å²) in [6, 6.07) is 8.99. The predicted molar refractivity (Wildman–Crippen MR) is 68.3 cm³/mol. The van der Waals surface area contributed by atoms with Crippen LogP contribution in [0.25, 0.3) is 0 Å². The first-order valence-electron chi connectivity index (χ1n) is 5.32. The molecule has 0 unspecified atom stereocenters. The third-order valence-corrected chi connectivity index (χ3v) is 3.48. The van der Waals surface area contributed by atoms with E-state index in [-0.39, 0.29) is 11.3 Å². The number of nitro groups is 1. The minimum absolute atomic E-state index is 0.105. The molecule has 2 aromatic rings. The van der Waals surface area contributed by atoms with Gasteiger partial charge in [-0.2, -0.15) is 5.26 Å². The van der Waals surface area contributed by atoms with Gasteiger partial charge in [0.2, 0.25) is 0 Å². The molecule has 0 aromatic heterocycles. The van der Waals surface area contributed by atoms with Gasteiger partial charge in [-0.15, -0.1) is 0 Å². The van der Waals surface area contributed by atoms with Crippen molar-refractivity contribution in [1.29, 1.82) is 5.26 Å². The molecular weight excluding hydrogens is 286 g/mol. The number of nitrogens with zero attached hydrogens (tertiary/aromatic N) is 2. The van der Waals surface area contributed by atoms with Crippen LogP contribution in [0.3, 0.4) is 0 Å². The van der Waals surface area contributed by atoms with Crippen LogP contribution in [0.1, 0.15) is 5.56 Å². The molecule has 2 aromatic carbocycles. The van der Waals surface area contributed by atoms with E-state index in [1.54, 1.807) is 0 Å². The van der Waals surface area contributed by atoms with Crippen molar-refractivity contribution in [2.24, 2.45) is 0 Å². The number of halogens is 2. The molecule has 2 rings (SSSR count). The topological polar surface area (TPSA) is 66.9 Å². The van der Waals surface area contributed by atoms with Gasteiger partial charge in [0.1, 0.15) is 6.07 Å². The van der Waals surface area contributed by atoms with Gasteiger partial charge in [-0.3, -0.25) is 10.1 Å². The van der Waals surface area contributed by atoms with Gasteiger partial charge >= 0.3 is 0 Å². The first-order valence-corrected chi connectivity index (χ1v) is 6.14. The highest BCUT2D eigenvalue weighted by atomic mass is 32.2. The second-order valence-electron chi connectivity index (χ2n) is 3.73. The lowest BCUT2D eigenvalue weighted by molar-refractivity contribution is -0.384. The summed E-state index contributed by atoms with van der Waals surface area (Å²) in [6.07, 6.45) is 0. The molecule has 0 atom stereocenters. The minimum Gasteiger partial charge on any atom is -0.258 e. The lowest BCUT2D eigenvalue weighted by Crippen LogP contribution is -1.90. The Kier molecular flexibility index (Phi) is 3.96. The Labute approximate surface area is 116 Å². The Hall–Kier alpha value is -2.46. The van der Waals surface area contributed by atoms with Crippen LogP contribution in [0.2, 0.25) is 0 Å². The number of hydrogen-bond donors (Lipinski definition) is 0. The number of nitriles is 1. The first-order chi connectivity index (χ1) is 9.51. The van der Waals surface area contributed by atoms with E-state index in [9.17, 15) is 18.9 Å². The average Bonchev–Trinajstić information content (AvgIpc) is 2.43. The third-order valence-electron chi connectivity index (χ3n) is 2.41. The molecule has 0 spiro atoms. The molecule has 0 N–H and O–H groups in total. The number of nitro benzene ring substituents is 1. The van der Waals surface area contributed by atoms with Crippen LogP contribution < -0.4 is 0 Å². The molecule has 0 aliphatic rings. The van der Waals surface area contributed by atoms with Crippen molar-refractivity contribution in [2.45, 2.75) is 9.79 Å². The first kappa shape index (κ1) is 14.0. The van der Waals surface area contributed by atoms with Crippen molar-refractivity contribution in [2.75, 3.05) is 0 Å². The molecule has 0 bridgehead atoms. The number of benzene rings is 2. The van der Waals surface area contributed by atoms with Gasteiger partial charge in [0.05, 0.1) is 10.5 Å². The zero-order chi connectivity index (χ0) is 14.7. The summed E-state index contributed by atoms with van der Waals surface area (Å²) in [7, 11) is 0. The second kappa shape index (κ2) is 5.67. The van der Waals surface area contributed by atoms with Crippen molar-refractivity contribution in [3.63, 3.8) is 0 Å². The normalized spacial score (nSPS) is 10.1. The maximum Gasteiger partial charge on any atom is 0.270 e. The van der Waals surface area contributed by atoms with E-state index < -0.39 is 16.6 Å². The molecule has 0 amide bonds. The SMILES string of the molecule is N#Cc1cc([N+](=O)[O-])ccc1Sc1ccc(F)c(F)c1. The van der Waals surface area contributed by atoms with E-state index >= 15 is 0 Å². The van der Waals surface area contributed by atoms with Crippen LogP contribution in [-0.4, -0.2) is 4.92 Å². The quantitative estimate of drug-likeness (QED) is 0.635. The molecule has 0 radical (unpaired) electrons. The van der Waals surface area contributed by atoms with E-state index in [0.717, 1.165) is 30.0 Å². The smallest absolute Gasteiger partial charge is 0.258 e. The zero-order valence-electron chi connectivity index (χ0n) is 9.84. The predicted octanol–water partition coefficient (Wildman–Crippen LogP) is 3.90. The maximum absolute atomic E-state index is 13.1. The minimum atomic E-state index is -0.990. The average molecular weight is 292 g/mol. The van der Waals surface area contributed by atoms with Crippen molar-refractivity contribution in [3.8, 4) is 6.07 Å². The van der Waals surface area contributed by atoms with Crippen molar-refractivity contribution < 1.29 is 13.7 Å². The molecule has 0 aliphatic carbocycles.